The number of nitrogens with zero attached hydrogens (tertiary/aromatic N) is 4. The number of aliphatic imine (C=N–C) groups is 1. The maximum absolute atomic E-state index is 13.0. The summed E-state index contributed by atoms with van der Waals surface area (Å²) >= 11 is 2.83. The fourth-order valence-corrected chi connectivity index (χ4v) is 4.78. The number of carbonyl (C=O) groups excluding carboxylic acids is 1. The van der Waals surface area contributed by atoms with Gasteiger partial charge in [-0.05, 0) is 35.5 Å². The van der Waals surface area contributed by atoms with E-state index in [-0.39, 0.29) is 5.91 Å². The lowest BCUT2D eigenvalue weighted by Gasteiger charge is -2.12. The lowest BCUT2D eigenvalue weighted by atomic mass is 10.2. The van der Waals surface area contributed by atoms with Crippen molar-refractivity contribution in [3.05, 3.63) is 83.1 Å². The number of carbonyl (C=O) groups is 1. The molecule has 4 rings (SSSR count). The highest BCUT2D eigenvalue weighted by Crippen LogP contribution is 2.35. The van der Waals surface area contributed by atoms with Crippen molar-refractivity contribution in [2.45, 2.75) is 0 Å². The minimum absolute atomic E-state index is 0.0693. The van der Waals surface area contributed by atoms with E-state index >= 15 is 0 Å². The molecule has 0 radical (unpaired) electrons. The highest BCUT2D eigenvalue weighted by atomic mass is 32.2. The van der Waals surface area contributed by atoms with Gasteiger partial charge in [0.05, 0.1) is 10.6 Å². The van der Waals surface area contributed by atoms with Gasteiger partial charge in [-0.1, -0.05) is 48.5 Å². The summed E-state index contributed by atoms with van der Waals surface area (Å²) in [6.07, 6.45) is 3.61. The molecule has 7 heteroatoms. The second-order valence-corrected chi connectivity index (χ2v) is 8.92. The van der Waals surface area contributed by atoms with Gasteiger partial charge in [-0.15, -0.1) is 17.9 Å². The Morgan fingerprint density at radius 2 is 1.87 bits per heavy atom. The number of amides is 1. The molecule has 1 amide bonds. The Bertz CT molecular complexity index is 1150. The molecule has 1 saturated heterocycles. The number of hydrogen-bond donors (Lipinski definition) is 0. The van der Waals surface area contributed by atoms with Crippen LogP contribution < -0.4 is 4.90 Å². The van der Waals surface area contributed by atoms with Crippen LogP contribution in [-0.2, 0) is 4.79 Å². The van der Waals surface area contributed by atoms with Crippen LogP contribution in [0.25, 0.3) is 17.3 Å². The van der Waals surface area contributed by atoms with Crippen LogP contribution in [0.1, 0.15) is 5.56 Å². The second kappa shape index (κ2) is 9.32. The minimum atomic E-state index is -0.0693. The van der Waals surface area contributed by atoms with Crippen molar-refractivity contribution >= 4 is 51.1 Å². The number of hydrogen-bond acceptors (Lipinski definition) is 6. The first-order valence-electron chi connectivity index (χ1n) is 9.74. The van der Waals surface area contributed by atoms with Gasteiger partial charge >= 0.3 is 0 Å². The molecule has 0 spiro atoms. The SMILES string of the molecule is C=CCN1C(=O)/C(=C/c2ccc(N(C)C)cc2)S/C1=N/c1nc(-c2ccccc2)cs1. The standard InChI is InChI=1S/C24H22N4OS2/c1-4-14-28-22(29)21(15-17-10-12-19(13-11-17)27(2)3)31-24(28)26-23-25-20(16-30-23)18-8-6-5-7-9-18/h4-13,15-16H,1,14H2,2-3H3/b21-15-,26-24+. The molecule has 0 bridgehead atoms. The van der Waals surface area contributed by atoms with Gasteiger partial charge in [-0.25, -0.2) is 4.98 Å². The van der Waals surface area contributed by atoms with Gasteiger partial charge < -0.3 is 4.90 Å². The molecule has 0 N–H and O–H groups in total. The third-order valence-electron chi connectivity index (χ3n) is 4.66. The predicted molar refractivity (Wildman–Crippen MR) is 133 cm³/mol. The Morgan fingerprint density at radius 3 is 2.55 bits per heavy atom. The van der Waals surface area contributed by atoms with Crippen LogP contribution in [-0.4, -0.2) is 41.6 Å². The molecule has 0 saturated carbocycles. The van der Waals surface area contributed by atoms with Crippen LogP contribution in [0.4, 0.5) is 10.8 Å². The molecule has 1 aromatic heterocycles. The first kappa shape index (κ1) is 21.1. The number of thioether (sulfide) groups is 1. The Kier molecular flexibility index (Phi) is 6.34. The molecule has 1 fully saturated rings. The molecular formula is C24H22N4OS2. The maximum atomic E-state index is 13.0. The molecule has 0 unspecified atom stereocenters. The Morgan fingerprint density at radius 1 is 1.13 bits per heavy atom. The highest BCUT2D eigenvalue weighted by molar-refractivity contribution is 8.18. The fraction of sp³-hybridized carbons (Fsp3) is 0.125. The van der Waals surface area contributed by atoms with Gasteiger partial charge in [0, 0.05) is 37.3 Å². The summed E-state index contributed by atoms with van der Waals surface area (Å²) in [6.45, 7) is 4.19. The number of aromatic nitrogens is 1. The molecule has 2 aromatic carbocycles. The van der Waals surface area contributed by atoms with Crippen LogP contribution in [0.2, 0.25) is 0 Å². The number of benzene rings is 2. The first-order chi connectivity index (χ1) is 15.0. The van der Waals surface area contributed by atoms with E-state index in [4.69, 9.17) is 0 Å². The fourth-order valence-electron chi connectivity index (χ4n) is 3.04. The Labute approximate surface area is 190 Å². The van der Waals surface area contributed by atoms with E-state index in [1.165, 1.54) is 23.1 Å². The normalized spacial score (nSPS) is 16.3. The van der Waals surface area contributed by atoms with Gasteiger partial charge in [0.2, 0.25) is 5.13 Å². The van der Waals surface area contributed by atoms with E-state index in [0.29, 0.717) is 21.7 Å². The summed E-state index contributed by atoms with van der Waals surface area (Å²) < 4.78 is 0. The van der Waals surface area contributed by atoms with Crippen molar-refractivity contribution in [2.75, 3.05) is 25.5 Å². The zero-order chi connectivity index (χ0) is 21.8. The molecule has 2 heterocycles. The topological polar surface area (TPSA) is 48.8 Å². The van der Waals surface area contributed by atoms with E-state index in [0.717, 1.165) is 22.5 Å². The van der Waals surface area contributed by atoms with E-state index in [9.17, 15) is 4.79 Å². The van der Waals surface area contributed by atoms with Crippen molar-refractivity contribution in [3.8, 4) is 11.3 Å². The van der Waals surface area contributed by atoms with Gasteiger partial charge in [-0.2, -0.15) is 4.99 Å². The average Bonchev–Trinajstić information content (AvgIpc) is 3.36. The summed E-state index contributed by atoms with van der Waals surface area (Å²) in [5.74, 6) is -0.0693. The Balaban J connectivity index is 1.61. The lowest BCUT2D eigenvalue weighted by molar-refractivity contribution is -0.121. The quantitative estimate of drug-likeness (QED) is 0.362. The lowest BCUT2D eigenvalue weighted by Crippen LogP contribution is -2.29. The number of amidine groups is 1. The minimum Gasteiger partial charge on any atom is -0.378 e. The van der Waals surface area contributed by atoms with Crippen molar-refractivity contribution < 1.29 is 4.79 Å². The molecule has 0 atom stereocenters. The van der Waals surface area contributed by atoms with Gasteiger partial charge in [0.25, 0.3) is 5.91 Å². The predicted octanol–water partition coefficient (Wildman–Crippen LogP) is 5.67. The van der Waals surface area contributed by atoms with Crippen molar-refractivity contribution in [2.24, 2.45) is 4.99 Å². The van der Waals surface area contributed by atoms with Crippen LogP contribution in [0.15, 0.2) is 82.5 Å². The second-order valence-electron chi connectivity index (χ2n) is 7.08. The molecule has 31 heavy (non-hydrogen) atoms. The largest absolute Gasteiger partial charge is 0.378 e. The molecular weight excluding hydrogens is 424 g/mol. The molecule has 1 aliphatic heterocycles. The van der Waals surface area contributed by atoms with E-state index < -0.39 is 0 Å². The van der Waals surface area contributed by atoms with Crippen molar-refractivity contribution in [1.29, 1.82) is 0 Å². The zero-order valence-corrected chi connectivity index (χ0v) is 19.0. The molecule has 1 aliphatic rings. The van der Waals surface area contributed by atoms with E-state index in [1.54, 1.807) is 11.0 Å². The maximum Gasteiger partial charge on any atom is 0.267 e. The summed E-state index contributed by atoms with van der Waals surface area (Å²) in [4.78, 5) is 26.6. The third kappa shape index (κ3) is 4.78. The number of thiazole rings is 1. The van der Waals surface area contributed by atoms with Crippen LogP contribution in [0, 0.1) is 0 Å². The average molecular weight is 447 g/mol. The van der Waals surface area contributed by atoms with Crippen molar-refractivity contribution in [3.63, 3.8) is 0 Å². The number of rotatable bonds is 6. The summed E-state index contributed by atoms with van der Waals surface area (Å²) in [5, 5.41) is 3.23. The van der Waals surface area contributed by atoms with Crippen LogP contribution >= 0.6 is 23.1 Å². The van der Waals surface area contributed by atoms with E-state index in [1.807, 2.05) is 85.0 Å². The first-order valence-corrected chi connectivity index (χ1v) is 11.4. The monoisotopic (exact) mass is 446 g/mol. The van der Waals surface area contributed by atoms with E-state index in [2.05, 4.69) is 16.6 Å². The third-order valence-corrected chi connectivity index (χ3v) is 6.40. The van der Waals surface area contributed by atoms with Crippen molar-refractivity contribution in [1.82, 2.24) is 9.88 Å². The molecule has 0 aliphatic carbocycles. The smallest absolute Gasteiger partial charge is 0.267 e. The molecule has 3 aromatic rings. The van der Waals surface area contributed by atoms with Crippen LogP contribution in [0.3, 0.4) is 0 Å². The molecule has 156 valence electrons. The van der Waals surface area contributed by atoms with Gasteiger partial charge in [-0.3, -0.25) is 9.69 Å². The zero-order valence-electron chi connectivity index (χ0n) is 17.4. The Hall–Kier alpha value is -3.16. The number of anilines is 1. The summed E-state index contributed by atoms with van der Waals surface area (Å²) in [6, 6.07) is 18.1. The van der Waals surface area contributed by atoms with Gasteiger partial charge in [0.15, 0.2) is 5.17 Å². The van der Waals surface area contributed by atoms with Crippen LogP contribution in [0.5, 0.6) is 0 Å². The highest BCUT2D eigenvalue weighted by Gasteiger charge is 2.32. The summed E-state index contributed by atoms with van der Waals surface area (Å²) in [7, 11) is 4.00. The molecule has 5 nitrogen and oxygen atoms in total. The van der Waals surface area contributed by atoms with Gasteiger partial charge in [0.1, 0.15) is 0 Å². The summed E-state index contributed by atoms with van der Waals surface area (Å²) in [5.41, 5.74) is 4.01.